The number of nitrogens with zero attached hydrogens (tertiary/aromatic N) is 1. The summed E-state index contributed by atoms with van der Waals surface area (Å²) in [5, 5.41) is 0. The van der Waals surface area contributed by atoms with Gasteiger partial charge in [0.25, 0.3) is 0 Å². The SMILES string of the molecule is CCCCCCCCCC[N+](C)(C)CCOC(=O)C12CC3CC(CC(C3)C1)C2. The zero-order valence-corrected chi connectivity index (χ0v) is 19.0. The summed E-state index contributed by atoms with van der Waals surface area (Å²) in [7, 11) is 4.58. The van der Waals surface area contributed by atoms with Crippen molar-refractivity contribution >= 4 is 5.97 Å². The number of hydrogen-bond acceptors (Lipinski definition) is 2. The topological polar surface area (TPSA) is 26.3 Å². The number of quaternary nitrogens is 1. The maximum absolute atomic E-state index is 13.0. The predicted molar refractivity (Wildman–Crippen MR) is 116 cm³/mol. The molecule has 28 heavy (non-hydrogen) atoms. The molecule has 4 fully saturated rings. The minimum Gasteiger partial charge on any atom is -0.459 e. The van der Waals surface area contributed by atoms with Crippen LogP contribution in [0.3, 0.4) is 0 Å². The van der Waals surface area contributed by atoms with Crippen molar-refractivity contribution in [3.05, 3.63) is 0 Å². The van der Waals surface area contributed by atoms with Crippen molar-refractivity contribution in [1.82, 2.24) is 0 Å². The van der Waals surface area contributed by atoms with Gasteiger partial charge in [0.15, 0.2) is 0 Å². The highest BCUT2D eigenvalue weighted by molar-refractivity contribution is 5.77. The van der Waals surface area contributed by atoms with Gasteiger partial charge in [0, 0.05) is 0 Å². The normalized spacial score (nSPS) is 31.3. The van der Waals surface area contributed by atoms with E-state index in [9.17, 15) is 4.79 Å². The van der Waals surface area contributed by atoms with E-state index < -0.39 is 0 Å². The Kier molecular flexibility index (Phi) is 7.87. The van der Waals surface area contributed by atoms with Crippen LogP contribution >= 0.6 is 0 Å². The second kappa shape index (κ2) is 9.96. The van der Waals surface area contributed by atoms with Gasteiger partial charge in [-0.2, -0.15) is 0 Å². The summed E-state index contributed by atoms with van der Waals surface area (Å²) in [6.07, 6.45) is 18.5. The molecular weight excluding hydrogens is 346 g/mol. The molecule has 0 amide bonds. The molecule has 4 bridgehead atoms. The van der Waals surface area contributed by atoms with Crippen LogP contribution in [0.1, 0.15) is 96.8 Å². The Morgan fingerprint density at radius 1 is 0.821 bits per heavy atom. The smallest absolute Gasteiger partial charge is 0.312 e. The van der Waals surface area contributed by atoms with Crippen molar-refractivity contribution in [3.63, 3.8) is 0 Å². The Bertz CT molecular complexity index is 463. The first-order chi connectivity index (χ1) is 13.4. The number of rotatable bonds is 13. The van der Waals surface area contributed by atoms with Gasteiger partial charge < -0.3 is 9.22 Å². The zero-order chi connectivity index (χ0) is 20.0. The Morgan fingerprint density at radius 3 is 1.86 bits per heavy atom. The summed E-state index contributed by atoms with van der Waals surface area (Å²) in [6.45, 7) is 5.03. The van der Waals surface area contributed by atoms with Crippen molar-refractivity contribution < 1.29 is 14.0 Å². The fourth-order valence-electron chi connectivity index (χ4n) is 6.68. The molecule has 0 N–H and O–H groups in total. The maximum atomic E-state index is 13.0. The lowest BCUT2D eigenvalue weighted by molar-refractivity contribution is -0.890. The molecule has 4 aliphatic carbocycles. The standard InChI is InChI=1S/C25H46NO2/c1-4-5-6-7-8-9-10-11-12-26(2,3)13-14-28-24(27)25-18-21-15-22(19-25)17-23(16-21)20-25/h21-23H,4-20H2,1-3H3/q+1. The maximum Gasteiger partial charge on any atom is 0.312 e. The minimum absolute atomic E-state index is 0.0936. The Hall–Kier alpha value is -0.570. The monoisotopic (exact) mass is 392 g/mol. The second-order valence-electron chi connectivity index (χ2n) is 11.2. The largest absolute Gasteiger partial charge is 0.459 e. The first-order valence-electron chi connectivity index (χ1n) is 12.4. The van der Waals surface area contributed by atoms with Crippen molar-refractivity contribution in [2.75, 3.05) is 33.8 Å². The molecule has 0 aromatic heterocycles. The highest BCUT2D eigenvalue weighted by Gasteiger charge is 2.55. The summed E-state index contributed by atoms with van der Waals surface area (Å²) >= 11 is 0. The van der Waals surface area contributed by atoms with Crippen LogP contribution in [0.15, 0.2) is 0 Å². The van der Waals surface area contributed by atoms with Gasteiger partial charge in [-0.15, -0.1) is 0 Å². The molecule has 4 saturated carbocycles. The van der Waals surface area contributed by atoms with Crippen LogP contribution in [0.25, 0.3) is 0 Å². The molecule has 0 saturated heterocycles. The number of unbranched alkanes of at least 4 members (excludes halogenated alkanes) is 7. The van der Waals surface area contributed by atoms with Crippen molar-refractivity contribution in [2.24, 2.45) is 23.2 Å². The number of carbonyl (C=O) groups excluding carboxylic acids is 1. The second-order valence-corrected chi connectivity index (χ2v) is 11.2. The molecule has 0 heterocycles. The number of hydrogen-bond donors (Lipinski definition) is 0. The van der Waals surface area contributed by atoms with E-state index in [1.165, 1.54) is 77.2 Å². The lowest BCUT2D eigenvalue weighted by Gasteiger charge is -2.55. The van der Waals surface area contributed by atoms with E-state index in [4.69, 9.17) is 4.74 Å². The molecular formula is C25H46NO2+. The molecule has 0 aromatic carbocycles. The molecule has 0 aromatic rings. The average Bonchev–Trinajstić information content (AvgIpc) is 2.62. The molecule has 0 atom stereocenters. The lowest BCUT2D eigenvalue weighted by Crippen LogP contribution is -2.51. The fourth-order valence-corrected chi connectivity index (χ4v) is 6.68. The number of ether oxygens (including phenoxy) is 1. The van der Waals surface area contributed by atoms with E-state index in [1.807, 2.05) is 0 Å². The summed E-state index contributed by atoms with van der Waals surface area (Å²) in [6, 6.07) is 0. The van der Waals surface area contributed by atoms with E-state index in [-0.39, 0.29) is 11.4 Å². The number of carbonyl (C=O) groups is 1. The van der Waals surface area contributed by atoms with Crippen LogP contribution in [-0.2, 0) is 9.53 Å². The zero-order valence-electron chi connectivity index (χ0n) is 19.0. The van der Waals surface area contributed by atoms with Crippen LogP contribution in [0.5, 0.6) is 0 Å². The number of esters is 1. The molecule has 4 aliphatic rings. The van der Waals surface area contributed by atoms with Gasteiger partial charge in [0.2, 0.25) is 0 Å². The third kappa shape index (κ3) is 5.97. The van der Waals surface area contributed by atoms with Gasteiger partial charge in [-0.05, 0) is 69.1 Å². The predicted octanol–water partition coefficient (Wildman–Crippen LogP) is 5.96. The Morgan fingerprint density at radius 2 is 1.32 bits per heavy atom. The summed E-state index contributed by atoms with van der Waals surface area (Å²) in [4.78, 5) is 13.0. The van der Waals surface area contributed by atoms with Gasteiger partial charge in [0.1, 0.15) is 13.2 Å². The van der Waals surface area contributed by atoms with Crippen LogP contribution in [0.4, 0.5) is 0 Å². The third-order valence-corrected chi connectivity index (χ3v) is 8.02. The molecule has 0 radical (unpaired) electrons. The fraction of sp³-hybridized carbons (Fsp3) is 0.960. The van der Waals surface area contributed by atoms with Gasteiger partial charge in [-0.3, -0.25) is 4.79 Å². The van der Waals surface area contributed by atoms with E-state index in [1.54, 1.807) is 0 Å². The summed E-state index contributed by atoms with van der Waals surface area (Å²) in [5.41, 5.74) is -0.0936. The van der Waals surface area contributed by atoms with Crippen LogP contribution in [0, 0.1) is 23.2 Å². The quantitative estimate of drug-likeness (QED) is 0.219. The van der Waals surface area contributed by atoms with Crippen LogP contribution < -0.4 is 0 Å². The molecule has 4 rings (SSSR count). The van der Waals surface area contributed by atoms with Gasteiger partial charge in [-0.25, -0.2) is 0 Å². The van der Waals surface area contributed by atoms with Crippen molar-refractivity contribution in [2.45, 2.75) is 96.8 Å². The van der Waals surface area contributed by atoms with E-state index in [0.717, 1.165) is 48.0 Å². The average molecular weight is 393 g/mol. The third-order valence-electron chi connectivity index (χ3n) is 8.02. The molecule has 0 spiro atoms. The van der Waals surface area contributed by atoms with E-state index >= 15 is 0 Å². The lowest BCUT2D eigenvalue weighted by atomic mass is 9.49. The van der Waals surface area contributed by atoms with Crippen molar-refractivity contribution in [1.29, 1.82) is 0 Å². The first-order valence-corrected chi connectivity index (χ1v) is 12.4. The molecule has 0 unspecified atom stereocenters. The van der Waals surface area contributed by atoms with Crippen LogP contribution in [0.2, 0.25) is 0 Å². The summed E-state index contributed by atoms with van der Waals surface area (Å²) in [5.74, 6) is 2.59. The van der Waals surface area contributed by atoms with Gasteiger partial charge in [0.05, 0.1) is 26.1 Å². The van der Waals surface area contributed by atoms with Crippen molar-refractivity contribution in [3.8, 4) is 0 Å². The summed E-state index contributed by atoms with van der Waals surface area (Å²) < 4.78 is 6.87. The van der Waals surface area contributed by atoms with Crippen LogP contribution in [-0.4, -0.2) is 44.2 Å². The van der Waals surface area contributed by atoms with E-state index in [2.05, 4.69) is 21.0 Å². The van der Waals surface area contributed by atoms with Gasteiger partial charge in [-0.1, -0.05) is 45.4 Å². The molecule has 162 valence electrons. The minimum atomic E-state index is -0.0936. The van der Waals surface area contributed by atoms with E-state index in [0.29, 0.717) is 6.61 Å². The Labute approximate surface area is 174 Å². The highest BCUT2D eigenvalue weighted by atomic mass is 16.5. The molecule has 0 aliphatic heterocycles. The Balaban J connectivity index is 1.29. The first kappa shape index (κ1) is 22.1. The van der Waals surface area contributed by atoms with Gasteiger partial charge >= 0.3 is 5.97 Å². The number of likely N-dealkylation sites (N-methyl/N-ethyl adjacent to an activating group) is 1. The molecule has 3 nitrogen and oxygen atoms in total. The highest BCUT2D eigenvalue weighted by Crippen LogP contribution is 2.60. The molecule has 3 heteroatoms.